The molecule has 0 radical (unpaired) electrons. The van der Waals surface area contributed by atoms with Gasteiger partial charge in [-0.15, -0.1) is 0 Å². The van der Waals surface area contributed by atoms with Crippen LogP contribution in [0.2, 0.25) is 10.0 Å². The lowest BCUT2D eigenvalue weighted by Gasteiger charge is -2.14. The summed E-state index contributed by atoms with van der Waals surface area (Å²) in [6.07, 6.45) is 1.56. The number of aryl methyl sites for hydroxylation is 1. The van der Waals surface area contributed by atoms with E-state index in [-0.39, 0.29) is 5.69 Å². The average molecular weight is 478 g/mol. The van der Waals surface area contributed by atoms with Crippen molar-refractivity contribution in [3.63, 3.8) is 0 Å². The maximum absolute atomic E-state index is 12.2. The summed E-state index contributed by atoms with van der Waals surface area (Å²) in [7, 11) is 1.30. The van der Waals surface area contributed by atoms with E-state index in [0.717, 1.165) is 22.3 Å². The van der Waals surface area contributed by atoms with Crippen LogP contribution in [0, 0.1) is 6.92 Å². The first-order valence-electron chi connectivity index (χ1n) is 9.85. The normalized spacial score (nSPS) is 10.5. The van der Waals surface area contributed by atoms with Crippen molar-refractivity contribution in [3.8, 4) is 28.1 Å². The van der Waals surface area contributed by atoms with E-state index in [0.29, 0.717) is 27.1 Å². The average Bonchev–Trinajstić information content (AvgIpc) is 3.23. The number of hydrogen-bond acceptors (Lipinski definition) is 5. The summed E-state index contributed by atoms with van der Waals surface area (Å²) in [5, 5.41) is 5.21. The van der Waals surface area contributed by atoms with Gasteiger partial charge in [-0.1, -0.05) is 59.6 Å². The SMILES string of the molecule is COC(=O)c1cc(-c2ccc(-c3cccc(N=C=O)c3)cc2C)n(-c2c(Cl)cccc2Cl)n1. The van der Waals surface area contributed by atoms with Crippen molar-refractivity contribution in [2.45, 2.75) is 6.92 Å². The Bertz CT molecular complexity index is 1400. The first-order chi connectivity index (χ1) is 15.9. The van der Waals surface area contributed by atoms with Crippen LogP contribution in [0.15, 0.2) is 71.7 Å². The number of halogens is 2. The van der Waals surface area contributed by atoms with Gasteiger partial charge in [0, 0.05) is 5.56 Å². The fourth-order valence-corrected chi connectivity index (χ4v) is 4.13. The fraction of sp³-hybridized carbons (Fsp3) is 0.0800. The summed E-state index contributed by atoms with van der Waals surface area (Å²) in [6, 6.07) is 20.0. The zero-order valence-corrected chi connectivity index (χ0v) is 19.2. The molecule has 0 aliphatic carbocycles. The quantitative estimate of drug-likeness (QED) is 0.185. The van der Waals surface area contributed by atoms with Crippen molar-refractivity contribution in [2.24, 2.45) is 4.99 Å². The first kappa shape index (κ1) is 22.5. The van der Waals surface area contributed by atoms with Gasteiger partial charge in [-0.05, 0) is 53.9 Å². The molecule has 0 N–H and O–H groups in total. The maximum atomic E-state index is 12.2. The molecule has 1 heterocycles. The molecule has 3 aromatic carbocycles. The summed E-state index contributed by atoms with van der Waals surface area (Å²) >= 11 is 12.9. The van der Waals surface area contributed by atoms with Crippen LogP contribution in [0.1, 0.15) is 16.1 Å². The Hall–Kier alpha value is -3.70. The van der Waals surface area contributed by atoms with Gasteiger partial charge in [-0.25, -0.2) is 14.3 Å². The number of para-hydroxylation sites is 1. The maximum Gasteiger partial charge on any atom is 0.358 e. The molecule has 0 saturated heterocycles. The van der Waals surface area contributed by atoms with E-state index in [1.807, 2.05) is 43.3 Å². The minimum atomic E-state index is -0.569. The molecule has 0 amide bonds. The molecule has 6 nitrogen and oxygen atoms in total. The number of isocyanates is 1. The van der Waals surface area contributed by atoms with Crippen LogP contribution in [-0.2, 0) is 9.53 Å². The van der Waals surface area contributed by atoms with E-state index in [1.165, 1.54) is 7.11 Å². The fourth-order valence-electron chi connectivity index (χ4n) is 3.58. The molecular formula is C25H17Cl2N3O3. The molecule has 0 fully saturated rings. The lowest BCUT2D eigenvalue weighted by atomic mass is 9.98. The second kappa shape index (κ2) is 9.43. The van der Waals surface area contributed by atoms with Gasteiger partial charge in [0.05, 0.1) is 28.5 Å². The molecule has 0 unspecified atom stereocenters. The molecule has 0 atom stereocenters. The monoisotopic (exact) mass is 477 g/mol. The standard InChI is InChI=1S/C25H17Cl2N3O3/c1-15-11-17(16-5-3-6-18(12-16)28-14-31)9-10-19(15)23-13-22(25(32)33-2)29-30(23)24-20(26)7-4-8-21(24)27/h3-13H,1-2H3. The van der Waals surface area contributed by atoms with E-state index < -0.39 is 5.97 Å². The zero-order valence-electron chi connectivity index (χ0n) is 17.7. The Kier molecular flexibility index (Phi) is 6.43. The van der Waals surface area contributed by atoms with Crippen molar-refractivity contribution in [3.05, 3.63) is 88.0 Å². The van der Waals surface area contributed by atoms with Gasteiger partial charge in [0.2, 0.25) is 6.08 Å². The third kappa shape index (κ3) is 4.45. The molecule has 0 aliphatic rings. The Morgan fingerprint density at radius 3 is 2.36 bits per heavy atom. The lowest BCUT2D eigenvalue weighted by molar-refractivity contribution is 0.0593. The number of ether oxygens (including phenoxy) is 1. The van der Waals surface area contributed by atoms with E-state index in [9.17, 15) is 9.59 Å². The molecule has 0 saturated carbocycles. The van der Waals surface area contributed by atoms with E-state index >= 15 is 0 Å². The van der Waals surface area contributed by atoms with E-state index in [2.05, 4.69) is 10.1 Å². The number of hydrogen-bond donors (Lipinski definition) is 0. The number of benzene rings is 3. The van der Waals surface area contributed by atoms with Crippen molar-refractivity contribution in [1.82, 2.24) is 9.78 Å². The highest BCUT2D eigenvalue weighted by Gasteiger charge is 2.21. The van der Waals surface area contributed by atoms with Gasteiger partial charge in [-0.2, -0.15) is 10.1 Å². The number of rotatable bonds is 5. The summed E-state index contributed by atoms with van der Waals surface area (Å²) in [5.74, 6) is -0.569. The minimum Gasteiger partial charge on any atom is -0.464 e. The summed E-state index contributed by atoms with van der Waals surface area (Å²) in [4.78, 5) is 26.5. The van der Waals surface area contributed by atoms with Gasteiger partial charge in [0.1, 0.15) is 5.69 Å². The number of carbonyl (C=O) groups is 1. The van der Waals surface area contributed by atoms with Gasteiger partial charge in [0.25, 0.3) is 0 Å². The van der Waals surface area contributed by atoms with Gasteiger partial charge in [-0.3, -0.25) is 0 Å². The Morgan fingerprint density at radius 2 is 1.70 bits per heavy atom. The summed E-state index contributed by atoms with van der Waals surface area (Å²) in [6.45, 7) is 1.95. The lowest BCUT2D eigenvalue weighted by Crippen LogP contribution is -2.05. The van der Waals surface area contributed by atoms with Crippen LogP contribution >= 0.6 is 23.2 Å². The highest BCUT2D eigenvalue weighted by Crippen LogP contribution is 2.35. The smallest absolute Gasteiger partial charge is 0.358 e. The van der Waals surface area contributed by atoms with Crippen LogP contribution in [-0.4, -0.2) is 28.9 Å². The zero-order chi connectivity index (χ0) is 23.5. The second-order valence-corrected chi connectivity index (χ2v) is 7.99. The number of nitrogens with zero attached hydrogens (tertiary/aromatic N) is 3. The van der Waals surface area contributed by atoms with Crippen LogP contribution in [0.4, 0.5) is 5.69 Å². The third-order valence-corrected chi connectivity index (χ3v) is 5.72. The highest BCUT2D eigenvalue weighted by atomic mass is 35.5. The molecule has 0 spiro atoms. The molecule has 164 valence electrons. The molecule has 1 aromatic heterocycles. The largest absolute Gasteiger partial charge is 0.464 e. The molecular weight excluding hydrogens is 461 g/mol. The molecule has 0 bridgehead atoms. The highest BCUT2D eigenvalue weighted by molar-refractivity contribution is 6.37. The summed E-state index contributed by atoms with van der Waals surface area (Å²) < 4.78 is 6.41. The van der Waals surface area contributed by atoms with E-state index in [1.54, 1.807) is 41.1 Å². The third-order valence-electron chi connectivity index (χ3n) is 5.11. The topological polar surface area (TPSA) is 73.5 Å². The van der Waals surface area contributed by atoms with Crippen LogP contribution in [0.3, 0.4) is 0 Å². The molecule has 0 aliphatic heterocycles. The first-order valence-corrected chi connectivity index (χ1v) is 10.6. The van der Waals surface area contributed by atoms with Crippen LogP contribution in [0.25, 0.3) is 28.1 Å². The van der Waals surface area contributed by atoms with Crippen molar-refractivity contribution < 1.29 is 14.3 Å². The molecule has 4 rings (SSSR count). The predicted molar refractivity (Wildman–Crippen MR) is 128 cm³/mol. The molecule has 4 aromatic rings. The van der Waals surface area contributed by atoms with Gasteiger partial charge < -0.3 is 4.74 Å². The van der Waals surface area contributed by atoms with E-state index in [4.69, 9.17) is 27.9 Å². The van der Waals surface area contributed by atoms with Gasteiger partial charge >= 0.3 is 5.97 Å². The number of methoxy groups -OCH3 is 1. The van der Waals surface area contributed by atoms with Crippen molar-refractivity contribution >= 4 is 40.9 Å². The predicted octanol–water partition coefficient (Wildman–Crippen LogP) is 6.58. The van der Waals surface area contributed by atoms with Gasteiger partial charge in [0.15, 0.2) is 5.69 Å². The number of aliphatic imine (C=N–C) groups is 1. The van der Waals surface area contributed by atoms with Crippen LogP contribution in [0.5, 0.6) is 0 Å². The Labute approximate surface area is 200 Å². The van der Waals surface area contributed by atoms with Crippen molar-refractivity contribution in [2.75, 3.05) is 7.11 Å². The molecule has 8 heteroatoms. The summed E-state index contributed by atoms with van der Waals surface area (Å²) in [5.41, 5.74) is 5.36. The second-order valence-electron chi connectivity index (χ2n) is 7.17. The number of aromatic nitrogens is 2. The van der Waals surface area contributed by atoms with Crippen molar-refractivity contribution in [1.29, 1.82) is 0 Å². The number of carbonyl (C=O) groups excluding carboxylic acids is 2. The Balaban J connectivity index is 1.87. The van der Waals surface area contributed by atoms with Crippen LogP contribution < -0.4 is 0 Å². The Morgan fingerprint density at radius 1 is 1.00 bits per heavy atom. The number of esters is 1. The molecule has 33 heavy (non-hydrogen) atoms. The minimum absolute atomic E-state index is 0.131.